The molecule has 0 aromatic heterocycles. The summed E-state index contributed by atoms with van der Waals surface area (Å²) in [7, 11) is -3.69. The van der Waals surface area contributed by atoms with Gasteiger partial charge in [0, 0.05) is 12.0 Å². The first-order valence-corrected chi connectivity index (χ1v) is 12.4. The molecule has 31 heavy (non-hydrogen) atoms. The molecular weight excluding hydrogens is 412 g/mol. The summed E-state index contributed by atoms with van der Waals surface area (Å²) in [6.07, 6.45) is 2.09. The van der Waals surface area contributed by atoms with E-state index in [-0.39, 0.29) is 11.9 Å². The molecule has 168 valence electrons. The number of nitrogens with one attached hydrogen (secondary N) is 1. The van der Waals surface area contributed by atoms with Crippen LogP contribution in [0.1, 0.15) is 56.3 Å². The number of ether oxygens (including phenoxy) is 1. The van der Waals surface area contributed by atoms with Crippen LogP contribution >= 0.6 is 0 Å². The number of sulfonamides is 1. The van der Waals surface area contributed by atoms with Crippen LogP contribution in [-0.2, 0) is 14.8 Å². The van der Waals surface area contributed by atoms with Crippen molar-refractivity contribution in [2.45, 2.75) is 65.1 Å². The molecule has 7 heteroatoms. The predicted molar refractivity (Wildman–Crippen MR) is 124 cm³/mol. The fourth-order valence-corrected chi connectivity index (χ4v) is 5.45. The van der Waals surface area contributed by atoms with E-state index in [0.717, 1.165) is 28.7 Å². The number of carbonyl (C=O) groups excluding carboxylic acids is 1. The lowest BCUT2D eigenvalue weighted by molar-refractivity contribution is -0.123. The number of aryl methyl sites for hydroxylation is 2. The first-order valence-electron chi connectivity index (χ1n) is 10.6. The highest BCUT2D eigenvalue weighted by Gasteiger charge is 2.38. The van der Waals surface area contributed by atoms with Crippen molar-refractivity contribution < 1.29 is 17.9 Å². The smallest absolute Gasteiger partial charge is 0.244 e. The normalized spacial score (nSPS) is 18.5. The van der Waals surface area contributed by atoms with Gasteiger partial charge in [-0.15, -0.1) is 0 Å². The third-order valence-electron chi connectivity index (χ3n) is 5.62. The van der Waals surface area contributed by atoms with E-state index in [9.17, 15) is 13.2 Å². The van der Waals surface area contributed by atoms with Crippen LogP contribution < -0.4 is 14.4 Å². The van der Waals surface area contributed by atoms with Gasteiger partial charge < -0.3 is 10.1 Å². The maximum Gasteiger partial charge on any atom is 0.244 e. The van der Waals surface area contributed by atoms with Crippen LogP contribution in [0.4, 0.5) is 5.69 Å². The molecule has 2 atom stereocenters. The topological polar surface area (TPSA) is 75.7 Å². The number of anilines is 1. The fourth-order valence-electron chi connectivity index (χ4n) is 4.19. The lowest BCUT2D eigenvalue weighted by Gasteiger charge is -2.39. The number of rotatable bonds is 6. The minimum atomic E-state index is -3.69. The fraction of sp³-hybridized carbons (Fsp3) is 0.458. The summed E-state index contributed by atoms with van der Waals surface area (Å²) in [4.78, 5) is 13.5. The Bertz CT molecular complexity index is 1080. The number of carbonyl (C=O) groups is 1. The third-order valence-corrected chi connectivity index (χ3v) is 6.79. The molecule has 1 heterocycles. The second-order valence-electron chi connectivity index (χ2n) is 8.94. The molecule has 0 radical (unpaired) electrons. The zero-order valence-electron chi connectivity index (χ0n) is 19.1. The molecule has 1 aliphatic heterocycles. The highest BCUT2D eigenvalue weighted by molar-refractivity contribution is 7.92. The molecule has 0 spiro atoms. The largest absolute Gasteiger partial charge is 0.487 e. The summed E-state index contributed by atoms with van der Waals surface area (Å²) in [5.41, 5.74) is 2.74. The number of amides is 1. The predicted octanol–water partition coefficient (Wildman–Crippen LogP) is 4.27. The van der Waals surface area contributed by atoms with Crippen molar-refractivity contribution in [1.29, 1.82) is 0 Å². The number of benzene rings is 2. The van der Waals surface area contributed by atoms with Crippen LogP contribution in [-0.4, -0.2) is 32.2 Å². The van der Waals surface area contributed by atoms with Gasteiger partial charge in [0.25, 0.3) is 0 Å². The van der Waals surface area contributed by atoms with Gasteiger partial charge in [0.2, 0.25) is 15.9 Å². The number of para-hydroxylation sites is 1. The van der Waals surface area contributed by atoms with E-state index in [2.05, 4.69) is 5.32 Å². The maximum atomic E-state index is 13.5. The molecule has 6 nitrogen and oxygen atoms in total. The molecule has 0 saturated heterocycles. The Morgan fingerprint density at radius 2 is 1.90 bits per heavy atom. The molecule has 2 aromatic rings. The second-order valence-corrected chi connectivity index (χ2v) is 10.8. The van der Waals surface area contributed by atoms with Gasteiger partial charge in [-0.2, -0.15) is 0 Å². The van der Waals surface area contributed by atoms with Gasteiger partial charge in [-0.3, -0.25) is 9.10 Å². The van der Waals surface area contributed by atoms with Crippen LogP contribution in [0.5, 0.6) is 5.75 Å². The lowest BCUT2D eigenvalue weighted by atomic mass is 9.89. The van der Waals surface area contributed by atoms with Crippen LogP contribution in [0.15, 0.2) is 42.5 Å². The monoisotopic (exact) mass is 444 g/mol. The molecule has 0 aliphatic carbocycles. The second kappa shape index (κ2) is 8.54. The van der Waals surface area contributed by atoms with Gasteiger partial charge in [-0.25, -0.2) is 8.42 Å². The zero-order chi connectivity index (χ0) is 23.0. The lowest BCUT2D eigenvalue weighted by Crippen LogP contribution is -2.51. The molecule has 0 saturated carbocycles. The average molecular weight is 445 g/mol. The highest BCUT2D eigenvalue weighted by Crippen LogP contribution is 2.39. The molecular formula is C24H32N2O4S. The van der Waals surface area contributed by atoms with E-state index in [0.29, 0.717) is 18.5 Å². The van der Waals surface area contributed by atoms with E-state index >= 15 is 0 Å². The van der Waals surface area contributed by atoms with Gasteiger partial charge >= 0.3 is 0 Å². The minimum Gasteiger partial charge on any atom is -0.487 e. The molecule has 0 unspecified atom stereocenters. The Morgan fingerprint density at radius 3 is 2.55 bits per heavy atom. The quantitative estimate of drug-likeness (QED) is 0.722. The summed E-state index contributed by atoms with van der Waals surface area (Å²) >= 11 is 0. The highest BCUT2D eigenvalue weighted by atomic mass is 32.2. The Balaban J connectivity index is 1.97. The number of hydrogen-bond donors (Lipinski definition) is 1. The molecule has 0 bridgehead atoms. The Hall–Kier alpha value is -2.54. The average Bonchev–Trinajstić information content (AvgIpc) is 2.66. The van der Waals surface area contributed by atoms with Crippen molar-refractivity contribution in [3.63, 3.8) is 0 Å². The molecule has 0 fully saturated rings. The SMILES string of the molecule is CC[C@H](C(=O)N[C@H]1CC(C)(C)Oc2ccccc21)N(c1cc(C)ccc1C)S(C)(=O)=O. The van der Waals surface area contributed by atoms with Crippen molar-refractivity contribution in [2.75, 3.05) is 10.6 Å². The first-order chi connectivity index (χ1) is 14.4. The van der Waals surface area contributed by atoms with Crippen LogP contribution in [0.3, 0.4) is 0 Å². The maximum absolute atomic E-state index is 13.5. The van der Waals surface area contributed by atoms with Crippen LogP contribution in [0.2, 0.25) is 0 Å². The van der Waals surface area contributed by atoms with E-state index < -0.39 is 21.7 Å². The van der Waals surface area contributed by atoms with E-state index in [1.165, 1.54) is 4.31 Å². The van der Waals surface area contributed by atoms with E-state index in [4.69, 9.17) is 4.74 Å². The van der Waals surface area contributed by atoms with Crippen molar-refractivity contribution in [1.82, 2.24) is 5.32 Å². The number of hydrogen-bond acceptors (Lipinski definition) is 4. The standard InChI is InChI=1S/C24H32N2O4S/c1-7-20(26(31(6,28)29)21-14-16(2)12-13-17(21)3)23(27)25-19-15-24(4,5)30-22-11-9-8-10-18(19)22/h8-14,19-20H,7,15H2,1-6H3,(H,25,27)/t19-,20+/m0/s1. The molecule has 1 amide bonds. The Kier molecular flexibility index (Phi) is 6.37. The Labute approximate surface area is 185 Å². The molecule has 1 aliphatic rings. The summed E-state index contributed by atoms with van der Waals surface area (Å²) in [5.74, 6) is 0.429. The molecule has 3 rings (SSSR count). The van der Waals surface area contributed by atoms with E-state index in [1.807, 2.05) is 77.1 Å². The van der Waals surface area contributed by atoms with E-state index in [1.54, 1.807) is 0 Å². The summed E-state index contributed by atoms with van der Waals surface area (Å²) in [5, 5.41) is 3.11. The van der Waals surface area contributed by atoms with Gasteiger partial charge in [0.05, 0.1) is 18.0 Å². The Morgan fingerprint density at radius 1 is 1.23 bits per heavy atom. The van der Waals surface area contributed by atoms with Crippen LogP contribution in [0.25, 0.3) is 0 Å². The summed E-state index contributed by atoms with van der Waals surface area (Å²) in [6, 6.07) is 12.2. The van der Waals surface area contributed by atoms with Gasteiger partial charge in [0.1, 0.15) is 17.4 Å². The third kappa shape index (κ3) is 5.03. The molecule has 1 N–H and O–H groups in total. The minimum absolute atomic E-state index is 0.262. The number of fused-ring (bicyclic) bond motifs is 1. The van der Waals surface area contributed by atoms with Crippen molar-refractivity contribution in [3.8, 4) is 5.75 Å². The zero-order valence-corrected chi connectivity index (χ0v) is 19.9. The number of nitrogens with zero attached hydrogens (tertiary/aromatic N) is 1. The van der Waals surface area contributed by atoms with Gasteiger partial charge in [-0.1, -0.05) is 37.3 Å². The van der Waals surface area contributed by atoms with Gasteiger partial charge in [0.15, 0.2) is 0 Å². The van der Waals surface area contributed by atoms with Crippen molar-refractivity contribution >= 4 is 21.6 Å². The van der Waals surface area contributed by atoms with Crippen molar-refractivity contribution in [2.24, 2.45) is 0 Å². The first kappa shape index (κ1) is 23.1. The molecule has 2 aromatic carbocycles. The summed E-state index contributed by atoms with van der Waals surface area (Å²) in [6.45, 7) is 9.56. The summed E-state index contributed by atoms with van der Waals surface area (Å²) < 4.78 is 33.0. The van der Waals surface area contributed by atoms with Crippen molar-refractivity contribution in [3.05, 3.63) is 59.2 Å². The van der Waals surface area contributed by atoms with Crippen LogP contribution in [0, 0.1) is 13.8 Å². The van der Waals surface area contributed by atoms with Gasteiger partial charge in [-0.05, 0) is 57.4 Å².